The Bertz CT molecular complexity index is 1670. The Balaban J connectivity index is 3.79. The van der Waals surface area contributed by atoms with Crippen LogP contribution in [0.4, 0.5) is 0 Å². The summed E-state index contributed by atoms with van der Waals surface area (Å²) >= 11 is 0. The quantitative estimate of drug-likeness (QED) is 0.0278. The Hall–Kier alpha value is -0.990. The molecular formula is C92H185NO8P+. The van der Waals surface area contributed by atoms with Crippen molar-refractivity contribution in [2.45, 2.75) is 534 Å². The van der Waals surface area contributed by atoms with Crippen molar-refractivity contribution in [1.29, 1.82) is 0 Å². The van der Waals surface area contributed by atoms with Crippen molar-refractivity contribution in [3.63, 3.8) is 0 Å². The van der Waals surface area contributed by atoms with Gasteiger partial charge in [0.05, 0.1) is 27.7 Å². The highest BCUT2D eigenvalue weighted by molar-refractivity contribution is 7.47. The Kier molecular flexibility index (Phi) is 83.2. The first-order chi connectivity index (χ1) is 50.0. The molecule has 0 aliphatic carbocycles. The number of nitrogens with zero attached hydrogens (tertiary/aromatic N) is 1. The van der Waals surface area contributed by atoms with Gasteiger partial charge in [0.2, 0.25) is 0 Å². The third kappa shape index (κ3) is 87.9. The van der Waals surface area contributed by atoms with Gasteiger partial charge >= 0.3 is 19.8 Å². The molecule has 2 atom stereocenters. The fraction of sp³-hybridized carbons (Fsp3) is 0.978. The highest BCUT2D eigenvalue weighted by Gasteiger charge is 2.27. The molecule has 2 unspecified atom stereocenters. The molecule has 0 aliphatic rings. The largest absolute Gasteiger partial charge is 0.472 e. The van der Waals surface area contributed by atoms with Gasteiger partial charge in [0.15, 0.2) is 6.10 Å². The summed E-state index contributed by atoms with van der Waals surface area (Å²) in [5, 5.41) is 0. The molecule has 610 valence electrons. The molecule has 10 heteroatoms. The van der Waals surface area contributed by atoms with Gasteiger partial charge in [-0.05, 0) is 12.8 Å². The van der Waals surface area contributed by atoms with Crippen LogP contribution in [0.25, 0.3) is 0 Å². The summed E-state index contributed by atoms with van der Waals surface area (Å²) in [6, 6.07) is 0. The molecule has 102 heavy (non-hydrogen) atoms. The van der Waals surface area contributed by atoms with E-state index in [-0.39, 0.29) is 25.6 Å². The van der Waals surface area contributed by atoms with Crippen molar-refractivity contribution in [2.75, 3.05) is 47.5 Å². The van der Waals surface area contributed by atoms with Gasteiger partial charge in [0.25, 0.3) is 0 Å². The number of carbonyl (C=O) groups excluding carboxylic acids is 2. The number of quaternary nitrogens is 1. The average molecular weight is 1460 g/mol. The predicted molar refractivity (Wildman–Crippen MR) is 446 cm³/mol. The molecule has 0 aromatic heterocycles. The number of hydrogen-bond acceptors (Lipinski definition) is 7. The summed E-state index contributed by atoms with van der Waals surface area (Å²) in [4.78, 5) is 36.1. The normalized spacial score (nSPS) is 12.8. The number of ether oxygens (including phenoxy) is 2. The minimum atomic E-state index is -4.39. The van der Waals surface area contributed by atoms with Crippen LogP contribution >= 0.6 is 7.82 Å². The molecule has 0 saturated carbocycles. The number of hydrogen-bond donors (Lipinski definition) is 1. The van der Waals surface area contributed by atoms with E-state index in [1.165, 1.54) is 462 Å². The van der Waals surface area contributed by atoms with Crippen LogP contribution in [0.2, 0.25) is 0 Å². The zero-order valence-corrected chi connectivity index (χ0v) is 71.1. The second-order valence-corrected chi connectivity index (χ2v) is 35.2. The second kappa shape index (κ2) is 84.0. The fourth-order valence-electron chi connectivity index (χ4n) is 15.0. The summed E-state index contributed by atoms with van der Waals surface area (Å²) in [6.07, 6.45) is 108. The topological polar surface area (TPSA) is 108 Å². The lowest BCUT2D eigenvalue weighted by molar-refractivity contribution is -0.870. The van der Waals surface area contributed by atoms with E-state index in [1.807, 2.05) is 21.1 Å². The highest BCUT2D eigenvalue weighted by Crippen LogP contribution is 2.43. The molecule has 0 bridgehead atoms. The van der Waals surface area contributed by atoms with Crippen molar-refractivity contribution in [3.05, 3.63) is 0 Å². The van der Waals surface area contributed by atoms with E-state index < -0.39 is 26.5 Å². The van der Waals surface area contributed by atoms with Gasteiger partial charge in [-0.2, -0.15) is 0 Å². The molecule has 0 aromatic rings. The van der Waals surface area contributed by atoms with E-state index in [1.54, 1.807) is 0 Å². The maximum Gasteiger partial charge on any atom is 0.472 e. The molecule has 0 aliphatic heterocycles. The smallest absolute Gasteiger partial charge is 0.462 e. The van der Waals surface area contributed by atoms with E-state index >= 15 is 0 Å². The maximum absolute atomic E-state index is 13.0. The molecule has 0 fully saturated rings. The number of rotatable bonds is 90. The molecule has 0 heterocycles. The zero-order chi connectivity index (χ0) is 74.0. The van der Waals surface area contributed by atoms with Crippen LogP contribution in [0.1, 0.15) is 528 Å². The van der Waals surface area contributed by atoms with Gasteiger partial charge in [-0.1, -0.05) is 502 Å². The Morgan fingerprint density at radius 2 is 0.441 bits per heavy atom. The lowest BCUT2D eigenvalue weighted by atomic mass is 10.0. The summed E-state index contributed by atoms with van der Waals surface area (Å²) in [5.41, 5.74) is 0. The van der Waals surface area contributed by atoms with Gasteiger partial charge in [-0.25, -0.2) is 4.57 Å². The average Bonchev–Trinajstić information content (AvgIpc) is 0.914. The third-order valence-electron chi connectivity index (χ3n) is 22.1. The summed E-state index contributed by atoms with van der Waals surface area (Å²) in [7, 11) is 1.52. The predicted octanol–water partition coefficient (Wildman–Crippen LogP) is 31.5. The van der Waals surface area contributed by atoms with Gasteiger partial charge in [-0.3, -0.25) is 18.6 Å². The van der Waals surface area contributed by atoms with E-state index in [2.05, 4.69) is 13.8 Å². The molecule has 0 spiro atoms. The van der Waals surface area contributed by atoms with Crippen LogP contribution in [0.5, 0.6) is 0 Å². The zero-order valence-electron chi connectivity index (χ0n) is 70.2. The van der Waals surface area contributed by atoms with E-state index in [4.69, 9.17) is 18.5 Å². The van der Waals surface area contributed by atoms with Gasteiger partial charge in [0, 0.05) is 12.8 Å². The van der Waals surface area contributed by atoms with Crippen molar-refractivity contribution < 1.29 is 42.1 Å². The monoisotopic (exact) mass is 1460 g/mol. The number of phosphoric acid groups is 1. The number of unbranched alkanes of at least 4 members (excludes halogenated alkanes) is 76. The van der Waals surface area contributed by atoms with Gasteiger partial charge in [-0.15, -0.1) is 0 Å². The van der Waals surface area contributed by atoms with Crippen LogP contribution in [-0.2, 0) is 32.7 Å². The summed E-state index contributed by atoms with van der Waals surface area (Å²) < 4.78 is 34.9. The molecule has 0 radical (unpaired) electrons. The first-order valence-corrected chi connectivity index (χ1v) is 48.3. The SMILES string of the molecule is CCCCCCCCCCCCCCCCCCCCCCCCCCCCCCCCCCCCCCCCCCC(=O)OC(COC(=O)CCCCCCCCCCCCCCCCCCCCCCCCCCCCCCCCCCCCCCCC)COP(=O)(O)OCC[N+](C)(C)C. The molecular weight excluding hydrogens is 1280 g/mol. The van der Waals surface area contributed by atoms with Gasteiger partial charge in [0.1, 0.15) is 19.8 Å². The first kappa shape index (κ1) is 101. The van der Waals surface area contributed by atoms with Crippen LogP contribution in [0.15, 0.2) is 0 Å². The third-order valence-corrected chi connectivity index (χ3v) is 23.1. The number of phosphoric ester groups is 1. The van der Waals surface area contributed by atoms with Gasteiger partial charge < -0.3 is 18.9 Å². The van der Waals surface area contributed by atoms with Crippen molar-refractivity contribution in [2.24, 2.45) is 0 Å². The van der Waals surface area contributed by atoms with Crippen LogP contribution in [0, 0.1) is 0 Å². The molecule has 0 saturated heterocycles. The van der Waals surface area contributed by atoms with Crippen LogP contribution < -0.4 is 0 Å². The Morgan fingerprint density at radius 3 is 0.627 bits per heavy atom. The first-order valence-electron chi connectivity index (χ1n) is 46.8. The maximum atomic E-state index is 13.0. The van der Waals surface area contributed by atoms with Crippen LogP contribution in [0.3, 0.4) is 0 Å². The molecule has 0 amide bonds. The fourth-order valence-corrected chi connectivity index (χ4v) is 15.8. The van der Waals surface area contributed by atoms with E-state index in [0.29, 0.717) is 17.4 Å². The standard InChI is InChI=1S/C92H184NO8P/c1-6-8-10-12-14-16-18-20-22-24-26-28-30-32-34-36-38-40-42-44-46-47-49-51-53-55-57-59-61-63-65-67-69-71-73-75-77-79-81-83-85-92(95)101-90(89-100-102(96,97)99-87-86-93(3,4)5)88-98-91(94)84-82-80-78-76-74-72-70-68-66-64-62-60-58-56-54-52-50-48-45-43-41-39-37-35-33-31-29-27-25-23-21-19-17-15-13-11-9-7-2/h90H,6-89H2,1-5H3/p+1. The molecule has 1 N–H and O–H groups in total. The lowest BCUT2D eigenvalue weighted by Gasteiger charge is -2.24. The number of esters is 2. The van der Waals surface area contributed by atoms with Crippen molar-refractivity contribution in [3.8, 4) is 0 Å². The Morgan fingerprint density at radius 1 is 0.265 bits per heavy atom. The minimum absolute atomic E-state index is 0.0380. The molecule has 0 rings (SSSR count). The van der Waals surface area contributed by atoms with E-state index in [0.717, 1.165) is 38.5 Å². The number of likely N-dealkylation sites (N-methyl/N-ethyl adjacent to an activating group) is 1. The van der Waals surface area contributed by atoms with Crippen molar-refractivity contribution >= 4 is 19.8 Å². The highest BCUT2D eigenvalue weighted by atomic mass is 31.2. The molecule has 0 aromatic carbocycles. The lowest BCUT2D eigenvalue weighted by Crippen LogP contribution is -2.37. The van der Waals surface area contributed by atoms with Crippen molar-refractivity contribution in [1.82, 2.24) is 0 Å². The minimum Gasteiger partial charge on any atom is -0.462 e. The molecule has 9 nitrogen and oxygen atoms in total. The second-order valence-electron chi connectivity index (χ2n) is 33.8. The van der Waals surface area contributed by atoms with Crippen LogP contribution in [-0.4, -0.2) is 74.9 Å². The van der Waals surface area contributed by atoms with E-state index in [9.17, 15) is 19.0 Å². The summed E-state index contributed by atoms with van der Waals surface area (Å²) in [6.45, 7) is 4.56. The Labute approximate surface area is 639 Å². The summed E-state index contributed by atoms with van der Waals surface area (Å²) in [5.74, 6) is -0.761. The number of carbonyl (C=O) groups is 2.